The van der Waals surface area contributed by atoms with Gasteiger partial charge in [0.2, 0.25) is 11.6 Å². The number of aliphatic hydroxyl groups excluding tert-OH is 1. The van der Waals surface area contributed by atoms with Crippen LogP contribution in [-0.2, 0) is 15.7 Å². The van der Waals surface area contributed by atoms with Crippen LogP contribution >= 0.6 is 0 Å². The molecule has 0 radical (unpaired) electrons. The maximum Gasteiger partial charge on any atom is 0.422 e. The molecule has 2 aromatic carbocycles. The largest absolute Gasteiger partial charge is 0.422 e. The highest BCUT2D eigenvalue weighted by molar-refractivity contribution is 5.82. The predicted octanol–water partition coefficient (Wildman–Crippen LogP) is 3.87. The van der Waals surface area contributed by atoms with Crippen LogP contribution in [-0.4, -0.2) is 46.6 Å². The first kappa shape index (κ1) is 24.1. The molecular formula is C23H19F3N4O5. The Hall–Kier alpha value is -4.03. The number of methoxy groups -OCH3 is 1. The standard InChI is InChI=1S/C23H19F3N4O5/c1-33-12-11-27-21(32)18(31)14-7-9-15(10-8-14)20-28-22(35-30-20)19-16(23(24,25)26)17(29-34-19)13-5-3-2-4-6-13/h2-10,18,31H,11-12H2,1H3,(H,27,32). The maximum atomic E-state index is 13.9. The number of alkyl halides is 3. The number of halogens is 3. The molecule has 0 aliphatic heterocycles. The van der Waals surface area contributed by atoms with Crippen LogP contribution in [0.25, 0.3) is 34.3 Å². The van der Waals surface area contributed by atoms with Gasteiger partial charge in [-0.05, 0) is 5.56 Å². The second-order valence-corrected chi connectivity index (χ2v) is 7.33. The Morgan fingerprint density at radius 3 is 2.43 bits per heavy atom. The highest BCUT2D eigenvalue weighted by Crippen LogP contribution is 2.43. The molecule has 2 heterocycles. The molecule has 35 heavy (non-hydrogen) atoms. The van der Waals surface area contributed by atoms with E-state index in [-0.39, 0.29) is 17.9 Å². The van der Waals surface area contributed by atoms with Crippen molar-refractivity contribution in [1.82, 2.24) is 20.6 Å². The summed E-state index contributed by atoms with van der Waals surface area (Å²) in [5.41, 5.74) is -0.622. The van der Waals surface area contributed by atoms with Gasteiger partial charge in [0.25, 0.3) is 11.8 Å². The Morgan fingerprint density at radius 1 is 1.06 bits per heavy atom. The number of nitrogens with one attached hydrogen (secondary N) is 1. The van der Waals surface area contributed by atoms with Gasteiger partial charge in [0.05, 0.1) is 6.61 Å². The van der Waals surface area contributed by atoms with E-state index in [4.69, 9.17) is 13.8 Å². The summed E-state index contributed by atoms with van der Waals surface area (Å²) in [4.78, 5) is 16.0. The summed E-state index contributed by atoms with van der Waals surface area (Å²) in [6.45, 7) is 0.537. The molecule has 4 rings (SSSR count). The minimum Gasteiger partial charge on any atom is -0.383 e. The molecule has 4 aromatic rings. The third-order valence-corrected chi connectivity index (χ3v) is 4.98. The molecule has 12 heteroatoms. The number of rotatable bonds is 8. The van der Waals surface area contributed by atoms with Crippen molar-refractivity contribution < 1.29 is 36.9 Å². The molecule has 0 fully saturated rings. The zero-order valence-corrected chi connectivity index (χ0v) is 18.2. The van der Waals surface area contributed by atoms with E-state index < -0.39 is 41.1 Å². The van der Waals surface area contributed by atoms with Gasteiger partial charge in [-0.15, -0.1) is 0 Å². The molecule has 0 aliphatic carbocycles. The maximum absolute atomic E-state index is 13.9. The lowest BCUT2D eigenvalue weighted by Crippen LogP contribution is -2.31. The fourth-order valence-corrected chi connectivity index (χ4v) is 3.26. The molecule has 1 atom stereocenters. The molecule has 0 saturated carbocycles. The van der Waals surface area contributed by atoms with Gasteiger partial charge in [-0.3, -0.25) is 4.79 Å². The molecule has 2 aromatic heterocycles. The zero-order chi connectivity index (χ0) is 25.0. The minimum atomic E-state index is -4.79. The lowest BCUT2D eigenvalue weighted by atomic mass is 10.1. The van der Waals surface area contributed by atoms with E-state index in [2.05, 4.69) is 20.6 Å². The summed E-state index contributed by atoms with van der Waals surface area (Å²) < 4.78 is 56.5. The minimum absolute atomic E-state index is 0.0172. The number of carbonyl (C=O) groups excluding carboxylic acids is 1. The number of hydrogen-bond acceptors (Lipinski definition) is 8. The van der Waals surface area contributed by atoms with Gasteiger partial charge in [-0.1, -0.05) is 64.9 Å². The van der Waals surface area contributed by atoms with E-state index in [1.807, 2.05) is 0 Å². The number of aromatic nitrogens is 3. The topological polar surface area (TPSA) is 124 Å². The number of amides is 1. The second-order valence-electron chi connectivity index (χ2n) is 7.33. The van der Waals surface area contributed by atoms with Crippen LogP contribution in [0, 0.1) is 0 Å². The van der Waals surface area contributed by atoms with E-state index in [1.54, 1.807) is 18.2 Å². The third-order valence-electron chi connectivity index (χ3n) is 4.98. The average molecular weight is 488 g/mol. The lowest BCUT2D eigenvalue weighted by Gasteiger charge is -2.11. The number of benzene rings is 2. The van der Waals surface area contributed by atoms with Crippen LogP contribution in [0.5, 0.6) is 0 Å². The Morgan fingerprint density at radius 2 is 1.77 bits per heavy atom. The molecule has 0 aliphatic rings. The Balaban J connectivity index is 1.58. The van der Waals surface area contributed by atoms with Crippen LogP contribution in [0.2, 0.25) is 0 Å². The number of hydrogen-bond donors (Lipinski definition) is 2. The summed E-state index contributed by atoms with van der Waals surface area (Å²) in [6, 6.07) is 13.7. The highest BCUT2D eigenvalue weighted by atomic mass is 19.4. The Bertz CT molecular complexity index is 1290. The van der Waals surface area contributed by atoms with Crippen LogP contribution < -0.4 is 5.32 Å². The summed E-state index contributed by atoms with van der Waals surface area (Å²) >= 11 is 0. The van der Waals surface area contributed by atoms with Gasteiger partial charge < -0.3 is 24.2 Å². The summed E-state index contributed by atoms with van der Waals surface area (Å²) in [5, 5.41) is 20.0. The van der Waals surface area contributed by atoms with Gasteiger partial charge in [-0.2, -0.15) is 18.2 Å². The number of ether oxygens (including phenoxy) is 1. The van der Waals surface area contributed by atoms with E-state index in [0.29, 0.717) is 17.7 Å². The molecule has 0 bridgehead atoms. The molecule has 9 nitrogen and oxygen atoms in total. The van der Waals surface area contributed by atoms with E-state index >= 15 is 0 Å². The highest BCUT2D eigenvalue weighted by Gasteiger charge is 2.42. The fraction of sp³-hybridized carbons (Fsp3) is 0.217. The second kappa shape index (κ2) is 10.1. The van der Waals surface area contributed by atoms with Gasteiger partial charge in [-0.25, -0.2) is 0 Å². The van der Waals surface area contributed by atoms with Gasteiger partial charge in [0, 0.05) is 24.8 Å². The van der Waals surface area contributed by atoms with Crippen molar-refractivity contribution >= 4 is 5.91 Å². The first-order valence-electron chi connectivity index (χ1n) is 10.3. The van der Waals surface area contributed by atoms with Crippen LogP contribution in [0.3, 0.4) is 0 Å². The van der Waals surface area contributed by atoms with E-state index in [9.17, 15) is 23.1 Å². The Labute approximate surface area is 196 Å². The van der Waals surface area contributed by atoms with E-state index in [1.165, 1.54) is 43.5 Å². The first-order valence-corrected chi connectivity index (χ1v) is 10.3. The van der Waals surface area contributed by atoms with Crippen LogP contribution in [0.15, 0.2) is 63.6 Å². The van der Waals surface area contributed by atoms with Crippen molar-refractivity contribution in [3.8, 4) is 34.3 Å². The third kappa shape index (κ3) is 5.23. The summed E-state index contributed by atoms with van der Waals surface area (Å²) in [7, 11) is 1.49. The predicted molar refractivity (Wildman–Crippen MR) is 116 cm³/mol. The molecule has 182 valence electrons. The van der Waals surface area contributed by atoms with Crippen molar-refractivity contribution in [2.75, 3.05) is 20.3 Å². The number of nitrogens with zero attached hydrogens (tertiary/aromatic N) is 3. The lowest BCUT2D eigenvalue weighted by molar-refractivity contribution is -0.137. The normalized spacial score (nSPS) is 12.5. The van der Waals surface area contributed by atoms with Crippen LogP contribution in [0.4, 0.5) is 13.2 Å². The van der Waals surface area contributed by atoms with Crippen molar-refractivity contribution in [3.63, 3.8) is 0 Å². The SMILES string of the molecule is COCCNC(=O)C(O)c1ccc(-c2noc(-c3onc(-c4ccccc4)c3C(F)(F)F)n2)cc1. The molecule has 1 amide bonds. The van der Waals surface area contributed by atoms with Gasteiger partial charge >= 0.3 is 6.18 Å². The van der Waals surface area contributed by atoms with Crippen LogP contribution in [0.1, 0.15) is 17.2 Å². The molecular weight excluding hydrogens is 469 g/mol. The monoisotopic (exact) mass is 488 g/mol. The summed E-state index contributed by atoms with van der Waals surface area (Å²) in [6.07, 6.45) is -6.21. The van der Waals surface area contributed by atoms with E-state index in [0.717, 1.165) is 0 Å². The van der Waals surface area contributed by atoms with Crippen molar-refractivity contribution in [2.45, 2.75) is 12.3 Å². The molecule has 0 saturated heterocycles. The number of carbonyl (C=O) groups is 1. The van der Waals surface area contributed by atoms with Crippen molar-refractivity contribution in [1.29, 1.82) is 0 Å². The first-order chi connectivity index (χ1) is 16.8. The fourth-order valence-electron chi connectivity index (χ4n) is 3.26. The molecule has 2 N–H and O–H groups in total. The molecule has 1 unspecified atom stereocenters. The quantitative estimate of drug-likeness (QED) is 0.358. The van der Waals surface area contributed by atoms with Crippen molar-refractivity contribution in [3.05, 3.63) is 65.7 Å². The van der Waals surface area contributed by atoms with Gasteiger partial charge in [0.15, 0.2) is 6.10 Å². The average Bonchev–Trinajstić information content (AvgIpc) is 3.52. The van der Waals surface area contributed by atoms with Crippen molar-refractivity contribution in [2.24, 2.45) is 0 Å². The number of aliphatic hydroxyl groups is 1. The zero-order valence-electron chi connectivity index (χ0n) is 18.2. The smallest absolute Gasteiger partial charge is 0.383 e. The van der Waals surface area contributed by atoms with Gasteiger partial charge in [0.1, 0.15) is 11.3 Å². The molecule has 0 spiro atoms. The Kier molecular flexibility index (Phi) is 6.94. The summed E-state index contributed by atoms with van der Waals surface area (Å²) in [5.74, 6) is -1.81.